The summed E-state index contributed by atoms with van der Waals surface area (Å²) in [6, 6.07) is 6.03. The number of ether oxygens (including phenoxy) is 2. The van der Waals surface area contributed by atoms with Crippen molar-refractivity contribution in [3.05, 3.63) is 29.3 Å². The number of methoxy groups -OCH3 is 2. The van der Waals surface area contributed by atoms with Gasteiger partial charge in [0.05, 0.1) is 18.8 Å². The van der Waals surface area contributed by atoms with Crippen LogP contribution in [0.15, 0.2) is 18.2 Å². The van der Waals surface area contributed by atoms with Crippen molar-refractivity contribution in [3.8, 4) is 5.75 Å². The average Bonchev–Trinajstić information content (AvgIpc) is 2.46. The SMILES string of the molecule is COc1ccc(C(N)C2(OC)CCCC(C)C2)c(C)c1. The molecule has 1 aromatic carbocycles. The third kappa shape index (κ3) is 2.84. The Kier molecular flexibility index (Phi) is 4.71. The van der Waals surface area contributed by atoms with Gasteiger partial charge >= 0.3 is 0 Å². The van der Waals surface area contributed by atoms with Gasteiger partial charge in [-0.1, -0.05) is 25.8 Å². The molecule has 2 N–H and O–H groups in total. The van der Waals surface area contributed by atoms with Gasteiger partial charge in [0.25, 0.3) is 0 Å². The molecule has 0 saturated heterocycles. The van der Waals surface area contributed by atoms with Gasteiger partial charge in [-0.05, 0) is 48.9 Å². The predicted octanol–water partition coefficient (Wildman–Crippen LogP) is 3.60. The highest BCUT2D eigenvalue weighted by molar-refractivity contribution is 5.38. The van der Waals surface area contributed by atoms with E-state index < -0.39 is 0 Å². The molecule has 0 bridgehead atoms. The topological polar surface area (TPSA) is 44.5 Å². The molecule has 0 heterocycles. The Labute approximate surface area is 122 Å². The van der Waals surface area contributed by atoms with Crippen molar-refractivity contribution < 1.29 is 9.47 Å². The number of rotatable bonds is 4. The molecule has 1 saturated carbocycles. The van der Waals surface area contributed by atoms with Crippen molar-refractivity contribution >= 4 is 0 Å². The molecule has 0 aromatic heterocycles. The van der Waals surface area contributed by atoms with E-state index in [0.717, 1.165) is 18.6 Å². The molecule has 3 nitrogen and oxygen atoms in total. The fourth-order valence-corrected chi connectivity index (χ4v) is 3.55. The minimum absolute atomic E-state index is 0.0823. The van der Waals surface area contributed by atoms with E-state index in [1.54, 1.807) is 14.2 Å². The second kappa shape index (κ2) is 6.15. The van der Waals surface area contributed by atoms with Gasteiger partial charge in [-0.2, -0.15) is 0 Å². The molecule has 3 unspecified atom stereocenters. The van der Waals surface area contributed by atoms with E-state index in [-0.39, 0.29) is 11.6 Å². The molecule has 1 fully saturated rings. The van der Waals surface area contributed by atoms with Gasteiger partial charge in [0, 0.05) is 7.11 Å². The summed E-state index contributed by atoms with van der Waals surface area (Å²) < 4.78 is 11.2. The van der Waals surface area contributed by atoms with Crippen molar-refractivity contribution in [1.82, 2.24) is 0 Å². The highest BCUT2D eigenvalue weighted by Gasteiger charge is 2.41. The highest BCUT2D eigenvalue weighted by Crippen LogP contribution is 2.43. The summed E-state index contributed by atoms with van der Waals surface area (Å²) in [5.74, 6) is 1.55. The first-order valence-electron chi connectivity index (χ1n) is 7.47. The monoisotopic (exact) mass is 277 g/mol. The largest absolute Gasteiger partial charge is 0.497 e. The Balaban J connectivity index is 2.30. The standard InChI is InChI=1S/C17H27NO2/c1-12-6-5-9-17(11-12,20-4)16(18)15-8-7-14(19-3)10-13(15)2/h7-8,10,12,16H,5-6,9,11,18H2,1-4H3. The lowest BCUT2D eigenvalue weighted by Crippen LogP contribution is -2.46. The molecule has 0 spiro atoms. The van der Waals surface area contributed by atoms with Crippen molar-refractivity contribution in [3.63, 3.8) is 0 Å². The van der Waals surface area contributed by atoms with Crippen LogP contribution in [0.4, 0.5) is 0 Å². The van der Waals surface area contributed by atoms with E-state index in [2.05, 4.69) is 19.9 Å². The first-order chi connectivity index (χ1) is 9.52. The summed E-state index contributed by atoms with van der Waals surface area (Å²) in [5, 5.41) is 0. The molecule has 0 aliphatic heterocycles. The van der Waals surface area contributed by atoms with E-state index in [1.807, 2.05) is 12.1 Å². The third-order valence-electron chi connectivity index (χ3n) is 4.78. The third-order valence-corrected chi connectivity index (χ3v) is 4.78. The number of nitrogens with two attached hydrogens (primary N) is 1. The lowest BCUT2D eigenvalue weighted by molar-refractivity contribution is -0.0719. The van der Waals surface area contributed by atoms with Crippen LogP contribution < -0.4 is 10.5 Å². The molecular formula is C17H27NO2. The summed E-state index contributed by atoms with van der Waals surface area (Å²) >= 11 is 0. The van der Waals surface area contributed by atoms with Gasteiger partial charge < -0.3 is 15.2 Å². The van der Waals surface area contributed by atoms with E-state index in [4.69, 9.17) is 15.2 Å². The van der Waals surface area contributed by atoms with Gasteiger partial charge in [0.1, 0.15) is 5.75 Å². The van der Waals surface area contributed by atoms with Crippen molar-refractivity contribution in [2.45, 2.75) is 51.2 Å². The minimum atomic E-state index is -0.225. The Morgan fingerprint density at radius 3 is 2.65 bits per heavy atom. The Bertz CT molecular complexity index is 460. The molecule has 0 amide bonds. The van der Waals surface area contributed by atoms with Crippen LogP contribution >= 0.6 is 0 Å². The smallest absolute Gasteiger partial charge is 0.119 e. The van der Waals surface area contributed by atoms with E-state index in [0.29, 0.717) is 5.92 Å². The zero-order valence-corrected chi connectivity index (χ0v) is 13.1. The maximum Gasteiger partial charge on any atom is 0.119 e. The second-order valence-electron chi connectivity index (χ2n) is 6.17. The van der Waals surface area contributed by atoms with Crippen LogP contribution in [-0.4, -0.2) is 19.8 Å². The van der Waals surface area contributed by atoms with Gasteiger partial charge in [-0.3, -0.25) is 0 Å². The number of aryl methyl sites for hydroxylation is 1. The first kappa shape index (κ1) is 15.3. The second-order valence-corrected chi connectivity index (χ2v) is 6.17. The summed E-state index contributed by atoms with van der Waals surface area (Å²) in [4.78, 5) is 0. The molecule has 1 aliphatic carbocycles. The van der Waals surface area contributed by atoms with Gasteiger partial charge in [-0.25, -0.2) is 0 Å². The Morgan fingerprint density at radius 1 is 1.35 bits per heavy atom. The molecule has 3 heteroatoms. The quantitative estimate of drug-likeness (QED) is 0.914. The molecule has 1 aromatic rings. The van der Waals surface area contributed by atoms with Crippen LogP contribution in [0.5, 0.6) is 5.75 Å². The summed E-state index contributed by atoms with van der Waals surface area (Å²) in [5.41, 5.74) is 8.72. The fraction of sp³-hybridized carbons (Fsp3) is 0.647. The zero-order valence-electron chi connectivity index (χ0n) is 13.1. The van der Waals surface area contributed by atoms with Crippen LogP contribution in [0.2, 0.25) is 0 Å². The summed E-state index contributed by atoms with van der Waals surface area (Å²) in [7, 11) is 3.49. The molecule has 20 heavy (non-hydrogen) atoms. The van der Waals surface area contributed by atoms with Crippen LogP contribution in [-0.2, 0) is 4.74 Å². The molecule has 3 atom stereocenters. The lowest BCUT2D eigenvalue weighted by Gasteiger charge is -2.43. The maximum atomic E-state index is 6.60. The molecule has 112 valence electrons. The maximum absolute atomic E-state index is 6.60. The summed E-state index contributed by atoms with van der Waals surface area (Å²) in [6.45, 7) is 4.38. The van der Waals surface area contributed by atoms with Crippen molar-refractivity contribution in [1.29, 1.82) is 0 Å². The Hall–Kier alpha value is -1.06. The van der Waals surface area contributed by atoms with Gasteiger partial charge in [0.15, 0.2) is 0 Å². The van der Waals surface area contributed by atoms with Crippen LogP contribution in [0.3, 0.4) is 0 Å². The first-order valence-corrected chi connectivity index (χ1v) is 7.47. The normalized spacial score (nSPS) is 28.1. The van der Waals surface area contributed by atoms with Crippen LogP contribution in [0, 0.1) is 12.8 Å². The highest BCUT2D eigenvalue weighted by atomic mass is 16.5. The van der Waals surface area contributed by atoms with Gasteiger partial charge in [0.2, 0.25) is 0 Å². The van der Waals surface area contributed by atoms with Crippen molar-refractivity contribution in [2.75, 3.05) is 14.2 Å². The lowest BCUT2D eigenvalue weighted by atomic mass is 9.72. The number of hydrogen-bond donors (Lipinski definition) is 1. The van der Waals surface area contributed by atoms with Crippen LogP contribution in [0.1, 0.15) is 49.8 Å². The fourth-order valence-electron chi connectivity index (χ4n) is 3.55. The van der Waals surface area contributed by atoms with E-state index >= 15 is 0 Å². The Morgan fingerprint density at radius 2 is 2.10 bits per heavy atom. The van der Waals surface area contributed by atoms with Crippen LogP contribution in [0.25, 0.3) is 0 Å². The van der Waals surface area contributed by atoms with E-state index in [1.165, 1.54) is 24.0 Å². The van der Waals surface area contributed by atoms with E-state index in [9.17, 15) is 0 Å². The molecule has 1 aliphatic rings. The zero-order chi connectivity index (χ0) is 14.8. The summed E-state index contributed by atoms with van der Waals surface area (Å²) in [6.07, 6.45) is 4.55. The molecule has 0 radical (unpaired) electrons. The van der Waals surface area contributed by atoms with Gasteiger partial charge in [-0.15, -0.1) is 0 Å². The minimum Gasteiger partial charge on any atom is -0.497 e. The predicted molar refractivity (Wildman–Crippen MR) is 82.0 cm³/mol. The molecule has 2 rings (SSSR count). The number of hydrogen-bond acceptors (Lipinski definition) is 3. The average molecular weight is 277 g/mol. The molecular weight excluding hydrogens is 250 g/mol. The van der Waals surface area contributed by atoms with Crippen molar-refractivity contribution in [2.24, 2.45) is 11.7 Å². The number of benzene rings is 1.